The van der Waals surface area contributed by atoms with Crippen LogP contribution in [0.1, 0.15) is 44.5 Å². The van der Waals surface area contributed by atoms with Crippen LogP contribution in [0.25, 0.3) is 0 Å². The van der Waals surface area contributed by atoms with Gasteiger partial charge in [0.25, 0.3) is 0 Å². The highest BCUT2D eigenvalue weighted by Crippen LogP contribution is 2.29. The summed E-state index contributed by atoms with van der Waals surface area (Å²) in [6.45, 7) is 9.60. The zero-order valence-corrected chi connectivity index (χ0v) is 17.4. The molecule has 7 heteroatoms. The molecule has 29 heavy (non-hydrogen) atoms. The molecule has 1 aromatic carbocycles. The summed E-state index contributed by atoms with van der Waals surface area (Å²) in [5.74, 6) is 0.0867. The van der Waals surface area contributed by atoms with Gasteiger partial charge in [0.15, 0.2) is 0 Å². The number of aromatic nitrogens is 1. The van der Waals surface area contributed by atoms with E-state index in [1.165, 1.54) is 12.1 Å². The van der Waals surface area contributed by atoms with Crippen LogP contribution < -0.4 is 0 Å². The van der Waals surface area contributed by atoms with Crippen LogP contribution in [0, 0.1) is 5.92 Å². The van der Waals surface area contributed by atoms with Crippen LogP contribution in [-0.4, -0.2) is 34.6 Å². The summed E-state index contributed by atoms with van der Waals surface area (Å²) in [7, 11) is 0. The van der Waals surface area contributed by atoms with E-state index in [-0.39, 0.29) is 18.6 Å². The van der Waals surface area contributed by atoms with Gasteiger partial charge in [-0.1, -0.05) is 26.0 Å². The third kappa shape index (κ3) is 6.63. The van der Waals surface area contributed by atoms with E-state index in [0.717, 1.165) is 23.4 Å². The number of carbonyl (C=O) groups excluding carboxylic acids is 1. The second-order valence-electron chi connectivity index (χ2n) is 7.52. The lowest BCUT2D eigenvalue weighted by atomic mass is 10.0. The van der Waals surface area contributed by atoms with Gasteiger partial charge < -0.3 is 9.30 Å². The summed E-state index contributed by atoms with van der Waals surface area (Å²) in [6, 6.07) is 9.24. The Morgan fingerprint density at radius 1 is 1.14 bits per heavy atom. The van der Waals surface area contributed by atoms with E-state index in [4.69, 9.17) is 4.74 Å². The monoisotopic (exact) mass is 410 g/mol. The zero-order chi connectivity index (χ0) is 21.6. The van der Waals surface area contributed by atoms with Gasteiger partial charge in [-0.3, -0.25) is 9.69 Å². The Kier molecular flexibility index (Phi) is 7.90. The predicted molar refractivity (Wildman–Crippen MR) is 106 cm³/mol. The minimum Gasteiger partial charge on any atom is -0.465 e. The molecule has 0 saturated heterocycles. The van der Waals surface area contributed by atoms with Crippen molar-refractivity contribution in [3.05, 3.63) is 59.4 Å². The molecule has 160 valence electrons. The molecule has 0 unspecified atom stereocenters. The number of hydrogen-bond acceptors (Lipinski definition) is 3. The number of halogens is 3. The number of alkyl halides is 3. The summed E-state index contributed by atoms with van der Waals surface area (Å²) in [6.07, 6.45) is -2.44. The van der Waals surface area contributed by atoms with Crippen LogP contribution in [0.5, 0.6) is 0 Å². The lowest BCUT2D eigenvalue weighted by molar-refractivity contribution is -0.145. The fourth-order valence-electron chi connectivity index (χ4n) is 3.09. The fraction of sp³-hybridized carbons (Fsp3) is 0.500. The van der Waals surface area contributed by atoms with Gasteiger partial charge in [0, 0.05) is 31.0 Å². The highest BCUT2D eigenvalue weighted by molar-refractivity contribution is 5.71. The lowest BCUT2D eigenvalue weighted by Gasteiger charge is -2.31. The minimum atomic E-state index is -4.34. The molecule has 1 atom stereocenters. The largest absolute Gasteiger partial charge is 0.465 e. The number of hydrogen-bond donors (Lipinski definition) is 0. The maximum Gasteiger partial charge on any atom is 0.416 e. The van der Waals surface area contributed by atoms with Crippen molar-refractivity contribution < 1.29 is 22.7 Å². The molecular formula is C22H29F3N2O2. The molecular weight excluding hydrogens is 381 g/mol. The van der Waals surface area contributed by atoms with Gasteiger partial charge >= 0.3 is 12.1 Å². The standard InChI is InChI=1S/C22H29F3N2O2/c1-5-29-21(28)15-27(17(4)16(2)3)14-20-7-6-12-26(20)13-18-8-10-19(11-9-18)22(23,24)25/h6-12,16-17H,5,13-15H2,1-4H3/t17-/m1/s1. The average Bonchev–Trinajstić information content (AvgIpc) is 3.07. The first-order valence-electron chi connectivity index (χ1n) is 9.81. The Bertz CT molecular complexity index is 782. The van der Waals surface area contributed by atoms with Crippen molar-refractivity contribution in [3.63, 3.8) is 0 Å². The van der Waals surface area contributed by atoms with Crippen molar-refractivity contribution in [3.8, 4) is 0 Å². The first-order chi connectivity index (χ1) is 13.6. The van der Waals surface area contributed by atoms with Crippen molar-refractivity contribution in [2.45, 2.75) is 53.0 Å². The van der Waals surface area contributed by atoms with Crippen LogP contribution >= 0.6 is 0 Å². The Balaban J connectivity index is 2.15. The Hall–Kier alpha value is -2.28. The van der Waals surface area contributed by atoms with Gasteiger partial charge in [0.2, 0.25) is 0 Å². The number of nitrogens with zero attached hydrogens (tertiary/aromatic N) is 2. The summed E-state index contributed by atoms with van der Waals surface area (Å²) in [4.78, 5) is 14.1. The predicted octanol–water partition coefficient (Wildman–Crippen LogP) is 4.96. The van der Waals surface area contributed by atoms with Crippen molar-refractivity contribution in [1.29, 1.82) is 0 Å². The SMILES string of the molecule is CCOC(=O)CN(Cc1cccn1Cc1ccc(C(F)(F)F)cc1)[C@H](C)C(C)C. The second-order valence-corrected chi connectivity index (χ2v) is 7.52. The number of carbonyl (C=O) groups is 1. The molecule has 2 rings (SSSR count). The summed E-state index contributed by atoms with van der Waals surface area (Å²) in [5, 5.41) is 0. The fourth-order valence-corrected chi connectivity index (χ4v) is 3.09. The number of benzene rings is 1. The minimum absolute atomic E-state index is 0.161. The normalized spacial score (nSPS) is 13.1. The molecule has 0 aliphatic rings. The van der Waals surface area contributed by atoms with Gasteiger partial charge in [-0.25, -0.2) is 0 Å². The van der Waals surface area contributed by atoms with E-state index in [1.807, 2.05) is 22.9 Å². The molecule has 4 nitrogen and oxygen atoms in total. The maximum atomic E-state index is 12.8. The summed E-state index contributed by atoms with van der Waals surface area (Å²) >= 11 is 0. The first kappa shape index (κ1) is 23.0. The van der Waals surface area contributed by atoms with E-state index in [9.17, 15) is 18.0 Å². The van der Waals surface area contributed by atoms with E-state index in [1.54, 1.807) is 6.92 Å². The van der Waals surface area contributed by atoms with E-state index in [2.05, 4.69) is 25.7 Å². The van der Waals surface area contributed by atoms with Crippen molar-refractivity contribution in [2.75, 3.05) is 13.2 Å². The number of rotatable bonds is 9. The molecule has 0 spiro atoms. The number of ether oxygens (including phenoxy) is 1. The molecule has 1 aromatic heterocycles. The van der Waals surface area contributed by atoms with Crippen LogP contribution in [0.2, 0.25) is 0 Å². The molecule has 0 saturated carbocycles. The van der Waals surface area contributed by atoms with E-state index >= 15 is 0 Å². The molecule has 0 radical (unpaired) electrons. The third-order valence-corrected chi connectivity index (χ3v) is 5.10. The van der Waals surface area contributed by atoms with Crippen LogP contribution in [0.3, 0.4) is 0 Å². The van der Waals surface area contributed by atoms with E-state index in [0.29, 0.717) is 25.6 Å². The third-order valence-electron chi connectivity index (χ3n) is 5.10. The van der Waals surface area contributed by atoms with Gasteiger partial charge in [-0.05, 0) is 49.6 Å². The molecule has 0 fully saturated rings. The molecule has 0 amide bonds. The quantitative estimate of drug-likeness (QED) is 0.548. The Morgan fingerprint density at radius 3 is 2.34 bits per heavy atom. The highest BCUT2D eigenvalue weighted by Gasteiger charge is 2.30. The Morgan fingerprint density at radius 2 is 1.79 bits per heavy atom. The maximum absolute atomic E-state index is 12.8. The first-order valence-corrected chi connectivity index (χ1v) is 9.81. The lowest BCUT2D eigenvalue weighted by Crippen LogP contribution is -2.40. The van der Waals surface area contributed by atoms with Crippen LogP contribution in [0.4, 0.5) is 13.2 Å². The molecule has 0 N–H and O–H groups in total. The molecule has 0 bridgehead atoms. The molecule has 0 aliphatic carbocycles. The zero-order valence-electron chi connectivity index (χ0n) is 17.4. The van der Waals surface area contributed by atoms with Gasteiger partial charge in [0.05, 0.1) is 18.7 Å². The average molecular weight is 410 g/mol. The van der Waals surface area contributed by atoms with Gasteiger partial charge in [-0.15, -0.1) is 0 Å². The Labute approximate surface area is 170 Å². The molecule has 0 aliphatic heterocycles. The summed E-state index contributed by atoms with van der Waals surface area (Å²) < 4.78 is 45.4. The number of esters is 1. The van der Waals surface area contributed by atoms with Crippen LogP contribution in [-0.2, 0) is 28.8 Å². The summed E-state index contributed by atoms with van der Waals surface area (Å²) in [5.41, 5.74) is 1.12. The van der Waals surface area contributed by atoms with Crippen LogP contribution in [0.15, 0.2) is 42.6 Å². The van der Waals surface area contributed by atoms with Gasteiger partial charge in [0.1, 0.15) is 0 Å². The van der Waals surface area contributed by atoms with Crippen molar-refractivity contribution in [1.82, 2.24) is 9.47 Å². The topological polar surface area (TPSA) is 34.5 Å². The van der Waals surface area contributed by atoms with Crippen molar-refractivity contribution >= 4 is 5.97 Å². The van der Waals surface area contributed by atoms with Gasteiger partial charge in [-0.2, -0.15) is 13.2 Å². The molecule has 2 aromatic rings. The molecule has 1 heterocycles. The second kappa shape index (κ2) is 9.96. The van der Waals surface area contributed by atoms with Crippen molar-refractivity contribution in [2.24, 2.45) is 5.92 Å². The smallest absolute Gasteiger partial charge is 0.416 e. The highest BCUT2D eigenvalue weighted by atomic mass is 19.4. The van der Waals surface area contributed by atoms with E-state index < -0.39 is 11.7 Å².